The van der Waals surface area contributed by atoms with Crippen molar-refractivity contribution in [1.82, 2.24) is 21.2 Å². The number of hydrogen-bond donors (Lipinski definition) is 3. The van der Waals surface area contributed by atoms with Gasteiger partial charge in [-0.05, 0) is 31.9 Å². The van der Waals surface area contributed by atoms with Gasteiger partial charge in [-0.25, -0.2) is 4.98 Å². The van der Waals surface area contributed by atoms with Crippen LogP contribution in [-0.2, 0) is 15.8 Å². The summed E-state index contributed by atoms with van der Waals surface area (Å²) in [6.45, 7) is 1.56. The minimum absolute atomic E-state index is 0.00369. The molecule has 3 amide bonds. The normalized spacial score (nSPS) is 13.7. The van der Waals surface area contributed by atoms with E-state index in [4.69, 9.17) is 0 Å². The van der Waals surface area contributed by atoms with Crippen molar-refractivity contribution in [2.45, 2.75) is 32.0 Å². The topological polar surface area (TPSA) is 100 Å². The predicted octanol–water partition coefficient (Wildman–Crippen LogP) is 2.18. The molecule has 1 saturated carbocycles. The Bertz CT molecular complexity index is 921. The summed E-state index contributed by atoms with van der Waals surface area (Å²) < 4.78 is 37.9. The van der Waals surface area contributed by atoms with Gasteiger partial charge in [-0.15, -0.1) is 11.3 Å². The van der Waals surface area contributed by atoms with Gasteiger partial charge in [0, 0.05) is 11.6 Å². The van der Waals surface area contributed by atoms with Gasteiger partial charge < -0.3 is 5.32 Å². The number of aryl methyl sites for hydroxylation is 1. The summed E-state index contributed by atoms with van der Waals surface area (Å²) in [6, 6.07) is 4.41. The van der Waals surface area contributed by atoms with Gasteiger partial charge in [0.2, 0.25) is 0 Å². The Morgan fingerprint density at radius 2 is 1.71 bits per heavy atom. The fraction of sp³-hybridized carbons (Fsp3) is 0.294. The SMILES string of the molecule is Cc1nc(-c2ccc(C(F)(F)F)cc2)sc1C(=O)NNC(=O)C(=O)NC1CC1. The third kappa shape index (κ3) is 4.66. The molecule has 0 spiro atoms. The minimum Gasteiger partial charge on any atom is -0.345 e. The van der Waals surface area contributed by atoms with E-state index in [1.165, 1.54) is 12.1 Å². The first kappa shape index (κ1) is 19.8. The molecule has 28 heavy (non-hydrogen) atoms. The highest BCUT2D eigenvalue weighted by atomic mass is 32.1. The van der Waals surface area contributed by atoms with Crippen LogP contribution < -0.4 is 16.2 Å². The van der Waals surface area contributed by atoms with Crippen molar-refractivity contribution in [3.05, 3.63) is 40.4 Å². The first-order chi connectivity index (χ1) is 13.1. The fourth-order valence-electron chi connectivity index (χ4n) is 2.24. The molecule has 0 radical (unpaired) electrons. The van der Waals surface area contributed by atoms with E-state index < -0.39 is 29.5 Å². The minimum atomic E-state index is -4.44. The van der Waals surface area contributed by atoms with E-state index >= 15 is 0 Å². The molecule has 7 nitrogen and oxygen atoms in total. The molecule has 1 aliphatic rings. The van der Waals surface area contributed by atoms with Crippen molar-refractivity contribution in [2.75, 3.05) is 0 Å². The standard InChI is InChI=1S/C17H15F3N4O3S/c1-8-12(13(25)23-24-15(27)14(26)22-11-6-7-11)28-16(21-8)9-2-4-10(5-3-9)17(18,19)20/h2-5,11H,6-7H2,1H3,(H,22,26)(H,23,25)(H,24,27). The maximum atomic E-state index is 12.6. The Morgan fingerprint density at radius 1 is 1.07 bits per heavy atom. The van der Waals surface area contributed by atoms with E-state index in [2.05, 4.69) is 15.7 Å². The first-order valence-corrected chi connectivity index (χ1v) is 9.03. The largest absolute Gasteiger partial charge is 0.416 e. The average molecular weight is 412 g/mol. The third-order valence-corrected chi connectivity index (χ3v) is 5.08. The third-order valence-electron chi connectivity index (χ3n) is 3.87. The molecule has 0 atom stereocenters. The Morgan fingerprint density at radius 3 is 2.29 bits per heavy atom. The monoisotopic (exact) mass is 412 g/mol. The summed E-state index contributed by atoms with van der Waals surface area (Å²) in [7, 11) is 0. The van der Waals surface area contributed by atoms with Crippen LogP contribution >= 0.6 is 11.3 Å². The molecule has 11 heteroatoms. The molecule has 3 rings (SSSR count). The van der Waals surface area contributed by atoms with Crippen LogP contribution in [0.3, 0.4) is 0 Å². The van der Waals surface area contributed by atoms with E-state index in [-0.39, 0.29) is 10.9 Å². The first-order valence-electron chi connectivity index (χ1n) is 8.21. The lowest BCUT2D eigenvalue weighted by molar-refractivity contribution is -0.139. The van der Waals surface area contributed by atoms with Crippen LogP contribution in [0.4, 0.5) is 13.2 Å². The van der Waals surface area contributed by atoms with E-state index in [9.17, 15) is 27.6 Å². The summed E-state index contributed by atoms with van der Waals surface area (Å²) in [5.41, 5.74) is 4.13. The van der Waals surface area contributed by atoms with Crippen molar-refractivity contribution in [1.29, 1.82) is 0 Å². The number of carbonyl (C=O) groups excluding carboxylic acids is 3. The lowest BCUT2D eigenvalue weighted by atomic mass is 10.1. The molecule has 1 heterocycles. The maximum Gasteiger partial charge on any atom is 0.416 e. The van der Waals surface area contributed by atoms with Crippen LogP contribution in [0.1, 0.15) is 33.8 Å². The number of nitrogens with zero attached hydrogens (tertiary/aromatic N) is 1. The number of thiazole rings is 1. The lowest BCUT2D eigenvalue weighted by Gasteiger charge is -2.06. The van der Waals surface area contributed by atoms with E-state index in [1.807, 2.05) is 5.43 Å². The van der Waals surface area contributed by atoms with E-state index in [0.29, 0.717) is 16.3 Å². The van der Waals surface area contributed by atoms with Gasteiger partial charge in [-0.3, -0.25) is 25.2 Å². The molecule has 148 valence electrons. The van der Waals surface area contributed by atoms with Crippen molar-refractivity contribution < 1.29 is 27.6 Å². The molecular formula is C17H15F3N4O3S. The summed E-state index contributed by atoms with van der Waals surface area (Å²) in [6.07, 6.45) is -2.80. The van der Waals surface area contributed by atoms with Crippen LogP contribution in [0, 0.1) is 6.92 Å². The number of amides is 3. The molecule has 2 aromatic rings. The summed E-state index contributed by atoms with van der Waals surface area (Å²) in [5, 5.41) is 2.83. The molecule has 0 bridgehead atoms. The zero-order chi connectivity index (χ0) is 20.5. The average Bonchev–Trinajstić information content (AvgIpc) is 3.37. The van der Waals surface area contributed by atoms with Crippen molar-refractivity contribution in [3.63, 3.8) is 0 Å². The molecule has 1 fully saturated rings. The number of hydrogen-bond acceptors (Lipinski definition) is 5. The molecule has 1 aliphatic carbocycles. The van der Waals surface area contributed by atoms with Crippen LogP contribution in [0.5, 0.6) is 0 Å². The molecule has 0 unspecified atom stereocenters. The van der Waals surface area contributed by atoms with Crippen LogP contribution in [0.25, 0.3) is 10.6 Å². The van der Waals surface area contributed by atoms with Gasteiger partial charge in [-0.1, -0.05) is 12.1 Å². The van der Waals surface area contributed by atoms with Crippen molar-refractivity contribution in [2.24, 2.45) is 0 Å². The van der Waals surface area contributed by atoms with Gasteiger partial charge in [0.25, 0.3) is 5.91 Å². The predicted molar refractivity (Wildman–Crippen MR) is 94.1 cm³/mol. The summed E-state index contributed by atoms with van der Waals surface area (Å²) in [4.78, 5) is 39.7. The Labute approximate surface area is 161 Å². The molecule has 3 N–H and O–H groups in total. The van der Waals surface area contributed by atoms with E-state index in [0.717, 1.165) is 36.3 Å². The molecule has 1 aromatic carbocycles. The van der Waals surface area contributed by atoms with Crippen LogP contribution in [0.15, 0.2) is 24.3 Å². The number of benzene rings is 1. The number of alkyl halides is 3. The van der Waals surface area contributed by atoms with Crippen molar-refractivity contribution in [3.8, 4) is 10.6 Å². The second kappa shape index (κ2) is 7.58. The van der Waals surface area contributed by atoms with Crippen LogP contribution in [-0.4, -0.2) is 28.7 Å². The number of rotatable bonds is 3. The van der Waals surface area contributed by atoms with Crippen LogP contribution in [0.2, 0.25) is 0 Å². The van der Waals surface area contributed by atoms with Gasteiger partial charge >= 0.3 is 18.0 Å². The maximum absolute atomic E-state index is 12.6. The van der Waals surface area contributed by atoms with Crippen molar-refractivity contribution >= 4 is 29.1 Å². The summed E-state index contributed by atoms with van der Waals surface area (Å²) in [5.74, 6) is -2.51. The Kier molecular flexibility index (Phi) is 5.36. The van der Waals surface area contributed by atoms with Gasteiger partial charge in [0.05, 0.1) is 11.3 Å². The number of nitrogens with one attached hydrogen (secondary N) is 3. The number of aromatic nitrogens is 1. The molecule has 1 aromatic heterocycles. The number of carbonyl (C=O) groups is 3. The fourth-order valence-corrected chi connectivity index (χ4v) is 3.20. The highest BCUT2D eigenvalue weighted by Gasteiger charge is 2.30. The highest BCUT2D eigenvalue weighted by Crippen LogP contribution is 2.32. The molecule has 0 aliphatic heterocycles. The second-order valence-corrected chi connectivity index (χ2v) is 7.16. The molecule has 0 saturated heterocycles. The zero-order valence-corrected chi connectivity index (χ0v) is 15.3. The lowest BCUT2D eigenvalue weighted by Crippen LogP contribution is -2.48. The van der Waals surface area contributed by atoms with E-state index in [1.54, 1.807) is 6.92 Å². The Balaban J connectivity index is 1.65. The van der Waals surface area contributed by atoms with Gasteiger partial charge in [-0.2, -0.15) is 13.2 Å². The van der Waals surface area contributed by atoms with Gasteiger partial charge in [0.1, 0.15) is 9.88 Å². The summed E-state index contributed by atoms with van der Waals surface area (Å²) >= 11 is 0.959. The smallest absolute Gasteiger partial charge is 0.345 e. The molecular weight excluding hydrogens is 397 g/mol. The number of halogens is 3. The highest BCUT2D eigenvalue weighted by molar-refractivity contribution is 7.17. The van der Waals surface area contributed by atoms with Gasteiger partial charge in [0.15, 0.2) is 0 Å². The zero-order valence-electron chi connectivity index (χ0n) is 14.5. The number of hydrazine groups is 1. The second-order valence-electron chi connectivity index (χ2n) is 6.16. The quantitative estimate of drug-likeness (QED) is 0.531. The Hall–Kier alpha value is -2.95.